The maximum atomic E-state index is 11.5. The second kappa shape index (κ2) is 5.82. The number of hydrogen-bond acceptors (Lipinski definition) is 4. The van der Waals surface area contributed by atoms with Crippen LogP contribution in [0.2, 0.25) is 0 Å². The highest BCUT2D eigenvalue weighted by atomic mass is 32.2. The Morgan fingerprint density at radius 1 is 1.47 bits per heavy atom. The molecule has 1 aliphatic rings. The van der Waals surface area contributed by atoms with E-state index in [0.717, 1.165) is 12.8 Å². The zero-order valence-corrected chi connectivity index (χ0v) is 10.9. The van der Waals surface area contributed by atoms with Crippen LogP contribution in [-0.4, -0.2) is 37.5 Å². The van der Waals surface area contributed by atoms with Gasteiger partial charge in [0, 0.05) is 6.26 Å². The standard InChI is InChI=1S/C11H21NO4S/c1-17(15,16)9-4-2-3-8(7-9)10(5-6-12)11(13)14/h8-10H,2-7,12H2,1H3,(H,13,14). The third kappa shape index (κ3) is 3.96. The molecule has 17 heavy (non-hydrogen) atoms. The Labute approximate surface area is 102 Å². The van der Waals surface area contributed by atoms with Crippen molar-refractivity contribution in [2.24, 2.45) is 17.6 Å². The van der Waals surface area contributed by atoms with Crippen LogP contribution in [0, 0.1) is 11.8 Å². The summed E-state index contributed by atoms with van der Waals surface area (Å²) in [5, 5.41) is 8.77. The molecule has 0 amide bonds. The van der Waals surface area contributed by atoms with E-state index in [1.807, 2.05) is 0 Å². The molecule has 1 aliphatic carbocycles. The van der Waals surface area contributed by atoms with E-state index in [9.17, 15) is 13.2 Å². The van der Waals surface area contributed by atoms with Crippen LogP contribution in [-0.2, 0) is 14.6 Å². The zero-order valence-electron chi connectivity index (χ0n) is 10.1. The molecule has 3 atom stereocenters. The van der Waals surface area contributed by atoms with Crippen LogP contribution in [0.25, 0.3) is 0 Å². The van der Waals surface area contributed by atoms with Crippen molar-refractivity contribution in [2.75, 3.05) is 12.8 Å². The summed E-state index contributed by atoms with van der Waals surface area (Å²) < 4.78 is 23.0. The molecule has 0 spiro atoms. The fraction of sp³-hybridized carbons (Fsp3) is 0.909. The number of rotatable bonds is 5. The Hall–Kier alpha value is -0.620. The van der Waals surface area contributed by atoms with Gasteiger partial charge in [-0.3, -0.25) is 4.79 Å². The van der Waals surface area contributed by atoms with Gasteiger partial charge in [-0.25, -0.2) is 8.42 Å². The van der Waals surface area contributed by atoms with Gasteiger partial charge < -0.3 is 10.8 Å². The molecule has 6 heteroatoms. The minimum Gasteiger partial charge on any atom is -0.481 e. The highest BCUT2D eigenvalue weighted by Gasteiger charge is 2.35. The summed E-state index contributed by atoms with van der Waals surface area (Å²) in [4.78, 5) is 11.1. The van der Waals surface area contributed by atoms with Crippen LogP contribution in [0.4, 0.5) is 0 Å². The van der Waals surface area contributed by atoms with Crippen molar-refractivity contribution in [2.45, 2.75) is 37.4 Å². The highest BCUT2D eigenvalue weighted by molar-refractivity contribution is 7.91. The smallest absolute Gasteiger partial charge is 0.306 e. The molecular formula is C11H21NO4S. The summed E-state index contributed by atoms with van der Waals surface area (Å²) in [5.74, 6) is -1.40. The summed E-state index contributed by atoms with van der Waals surface area (Å²) in [5.41, 5.74) is 5.41. The summed E-state index contributed by atoms with van der Waals surface area (Å²) in [6.45, 7) is 0.330. The first-order chi connectivity index (χ1) is 7.86. The SMILES string of the molecule is CS(=O)(=O)C1CCCC(C(CCN)C(=O)O)C1. The number of carboxylic acids is 1. The molecule has 0 radical (unpaired) electrons. The lowest BCUT2D eigenvalue weighted by Crippen LogP contribution is -2.34. The van der Waals surface area contributed by atoms with Crippen LogP contribution in [0.3, 0.4) is 0 Å². The molecule has 5 nitrogen and oxygen atoms in total. The summed E-state index contributed by atoms with van der Waals surface area (Å²) >= 11 is 0. The maximum Gasteiger partial charge on any atom is 0.306 e. The molecule has 1 fully saturated rings. The van der Waals surface area contributed by atoms with E-state index in [2.05, 4.69) is 0 Å². The van der Waals surface area contributed by atoms with Gasteiger partial charge in [0.25, 0.3) is 0 Å². The average molecular weight is 263 g/mol. The average Bonchev–Trinajstić information content (AvgIpc) is 2.24. The molecule has 0 aromatic carbocycles. The van der Waals surface area contributed by atoms with Gasteiger partial charge in [-0.15, -0.1) is 0 Å². The topological polar surface area (TPSA) is 97.5 Å². The van der Waals surface area contributed by atoms with Crippen molar-refractivity contribution >= 4 is 15.8 Å². The fourth-order valence-electron chi connectivity index (χ4n) is 2.68. The van der Waals surface area contributed by atoms with Crippen molar-refractivity contribution in [3.05, 3.63) is 0 Å². The largest absolute Gasteiger partial charge is 0.481 e. The van der Waals surface area contributed by atoms with Crippen LogP contribution < -0.4 is 5.73 Å². The molecule has 3 unspecified atom stereocenters. The number of carbonyl (C=O) groups is 1. The lowest BCUT2D eigenvalue weighted by molar-refractivity contribution is -0.144. The molecule has 100 valence electrons. The molecule has 1 rings (SSSR count). The first kappa shape index (κ1) is 14.4. The zero-order chi connectivity index (χ0) is 13.1. The Morgan fingerprint density at radius 2 is 2.12 bits per heavy atom. The molecule has 0 heterocycles. The number of sulfone groups is 1. The minimum atomic E-state index is -3.06. The Morgan fingerprint density at radius 3 is 2.59 bits per heavy atom. The second-order valence-corrected chi connectivity index (χ2v) is 7.23. The van der Waals surface area contributed by atoms with Gasteiger partial charge in [0.1, 0.15) is 9.84 Å². The number of nitrogens with two attached hydrogens (primary N) is 1. The molecular weight excluding hydrogens is 242 g/mol. The molecule has 3 N–H and O–H groups in total. The Bertz CT molecular complexity index is 366. The van der Waals surface area contributed by atoms with E-state index in [0.29, 0.717) is 25.8 Å². The van der Waals surface area contributed by atoms with Crippen LogP contribution >= 0.6 is 0 Å². The predicted molar refractivity (Wildman–Crippen MR) is 65.4 cm³/mol. The van der Waals surface area contributed by atoms with Gasteiger partial charge in [-0.1, -0.05) is 6.42 Å². The third-order valence-electron chi connectivity index (χ3n) is 3.64. The molecule has 0 aromatic rings. The molecule has 0 saturated heterocycles. The Balaban J connectivity index is 2.74. The number of hydrogen-bond donors (Lipinski definition) is 2. The molecule has 0 aliphatic heterocycles. The first-order valence-corrected chi connectivity index (χ1v) is 7.93. The van der Waals surface area contributed by atoms with E-state index in [1.54, 1.807) is 0 Å². The van der Waals surface area contributed by atoms with Crippen molar-refractivity contribution in [1.29, 1.82) is 0 Å². The molecule has 0 bridgehead atoms. The quantitative estimate of drug-likeness (QED) is 0.758. The summed E-state index contributed by atoms with van der Waals surface area (Å²) in [6.07, 6.45) is 4.37. The predicted octanol–water partition coefficient (Wildman–Crippen LogP) is 0.639. The van der Waals surface area contributed by atoms with Gasteiger partial charge in [0.05, 0.1) is 11.2 Å². The van der Waals surface area contributed by atoms with E-state index in [1.165, 1.54) is 6.26 Å². The van der Waals surface area contributed by atoms with E-state index in [-0.39, 0.29) is 11.2 Å². The van der Waals surface area contributed by atoms with E-state index >= 15 is 0 Å². The van der Waals surface area contributed by atoms with Gasteiger partial charge in [0.15, 0.2) is 0 Å². The van der Waals surface area contributed by atoms with E-state index in [4.69, 9.17) is 10.8 Å². The summed E-state index contributed by atoms with van der Waals surface area (Å²) in [7, 11) is -3.06. The van der Waals surface area contributed by atoms with Crippen molar-refractivity contribution < 1.29 is 18.3 Å². The van der Waals surface area contributed by atoms with Gasteiger partial charge >= 0.3 is 5.97 Å². The number of aliphatic carboxylic acids is 1. The maximum absolute atomic E-state index is 11.5. The Kier molecular flexibility index (Phi) is 4.94. The normalized spacial score (nSPS) is 27.6. The minimum absolute atomic E-state index is 0.0514. The van der Waals surface area contributed by atoms with E-state index < -0.39 is 21.7 Å². The third-order valence-corrected chi connectivity index (χ3v) is 5.28. The van der Waals surface area contributed by atoms with Crippen molar-refractivity contribution in [3.63, 3.8) is 0 Å². The van der Waals surface area contributed by atoms with Crippen LogP contribution in [0.15, 0.2) is 0 Å². The fourth-order valence-corrected chi connectivity index (χ4v) is 3.87. The molecule has 0 aromatic heterocycles. The summed E-state index contributed by atoms with van der Waals surface area (Å²) in [6, 6.07) is 0. The second-order valence-electron chi connectivity index (χ2n) is 4.90. The first-order valence-electron chi connectivity index (χ1n) is 5.98. The van der Waals surface area contributed by atoms with Gasteiger partial charge in [-0.05, 0) is 38.1 Å². The lowest BCUT2D eigenvalue weighted by Gasteiger charge is -2.31. The van der Waals surface area contributed by atoms with Crippen molar-refractivity contribution in [3.8, 4) is 0 Å². The van der Waals surface area contributed by atoms with Gasteiger partial charge in [-0.2, -0.15) is 0 Å². The highest BCUT2D eigenvalue weighted by Crippen LogP contribution is 2.34. The number of carboxylic acid groups (broad SMARTS) is 1. The van der Waals surface area contributed by atoms with Crippen LogP contribution in [0.5, 0.6) is 0 Å². The van der Waals surface area contributed by atoms with Crippen LogP contribution in [0.1, 0.15) is 32.1 Å². The monoisotopic (exact) mass is 263 g/mol. The van der Waals surface area contributed by atoms with Gasteiger partial charge in [0.2, 0.25) is 0 Å². The van der Waals surface area contributed by atoms with Crippen molar-refractivity contribution in [1.82, 2.24) is 0 Å². The lowest BCUT2D eigenvalue weighted by atomic mass is 9.78. The molecule has 1 saturated carbocycles.